The Morgan fingerprint density at radius 2 is 1.29 bits per heavy atom. The van der Waals surface area contributed by atoms with Gasteiger partial charge in [0.05, 0.1) is 29.6 Å². The maximum atomic E-state index is 12.8. The molecule has 0 aliphatic heterocycles. The number of carbonyl (C=O) groups excluding carboxylic acids is 3. The summed E-state index contributed by atoms with van der Waals surface area (Å²) in [5.74, 6) is -0.637. The summed E-state index contributed by atoms with van der Waals surface area (Å²) in [5.41, 5.74) is -6.75. The van der Waals surface area contributed by atoms with Gasteiger partial charge in [0.1, 0.15) is 5.60 Å². The summed E-state index contributed by atoms with van der Waals surface area (Å²) in [6.45, 7) is 11.4. The second-order valence-electron chi connectivity index (χ2n) is 17.5. The molecule has 0 heterocycles. The van der Waals surface area contributed by atoms with E-state index in [0.29, 0.717) is 56.8 Å². The monoisotopic (exact) mass is 777 g/mol. The summed E-state index contributed by atoms with van der Waals surface area (Å²) in [5, 5.41) is 9.12. The zero-order chi connectivity index (χ0) is 39.9. The minimum absolute atomic E-state index is 0.0915. The van der Waals surface area contributed by atoms with E-state index in [0.717, 1.165) is 38.4 Å². The predicted molar refractivity (Wildman–Crippen MR) is 180 cm³/mol. The first-order chi connectivity index (χ1) is 23.5. The molecule has 6 aliphatic carbocycles. The molecule has 0 aromatic heterocycles. The summed E-state index contributed by atoms with van der Waals surface area (Å²) in [6, 6.07) is 0. The van der Waals surface area contributed by atoms with Gasteiger partial charge in [-0.1, -0.05) is 20.3 Å². The molecule has 52 heavy (non-hydrogen) atoms. The van der Waals surface area contributed by atoms with Crippen LogP contribution in [0.2, 0.25) is 0 Å². The van der Waals surface area contributed by atoms with Crippen LogP contribution in [0.3, 0.4) is 0 Å². The number of aliphatic hydroxyl groups is 1. The molecule has 0 spiro atoms. The van der Waals surface area contributed by atoms with Gasteiger partial charge in [0, 0.05) is 6.42 Å². The molecule has 6 bridgehead atoms. The Hall–Kier alpha value is -2.10. The number of ether oxygens (including phenoxy) is 2. The highest BCUT2D eigenvalue weighted by atomic mass is 32.2. The summed E-state index contributed by atoms with van der Waals surface area (Å²) in [7, 11) is -2.18. The van der Waals surface area contributed by atoms with E-state index in [1.807, 2.05) is 41.5 Å². The van der Waals surface area contributed by atoms with Gasteiger partial charge in [-0.25, -0.2) is 8.42 Å². The first-order valence-corrected chi connectivity index (χ1v) is 20.1. The molecular formula is C36H57F6NO8S. The van der Waals surface area contributed by atoms with Gasteiger partial charge < -0.3 is 14.6 Å². The SMILES string of the molecule is CCC(C)(C)C(=O)OC.CCC(C)(C)C(=O)OC12CC3CC(C1)CC(C(=O)NS(C)(=O)=O)(C3)C2.OC(CC1CC2CCC1C2)(C(F)(F)F)C(F)(F)F. The number of esters is 2. The Morgan fingerprint density at radius 3 is 1.65 bits per heavy atom. The van der Waals surface area contributed by atoms with Crippen LogP contribution >= 0.6 is 0 Å². The van der Waals surface area contributed by atoms with Gasteiger partial charge in [-0.2, -0.15) is 26.3 Å². The first-order valence-electron chi connectivity index (χ1n) is 18.2. The van der Waals surface area contributed by atoms with Crippen LogP contribution in [0, 0.1) is 45.8 Å². The van der Waals surface area contributed by atoms with Gasteiger partial charge in [-0.3, -0.25) is 19.1 Å². The largest absolute Gasteiger partial charge is 0.469 e. The van der Waals surface area contributed by atoms with Crippen molar-refractivity contribution in [3.63, 3.8) is 0 Å². The van der Waals surface area contributed by atoms with Crippen LogP contribution in [0.15, 0.2) is 0 Å². The van der Waals surface area contributed by atoms with E-state index < -0.39 is 62.7 Å². The third-order valence-electron chi connectivity index (χ3n) is 12.5. The van der Waals surface area contributed by atoms with E-state index in [1.54, 1.807) is 0 Å². The Balaban J connectivity index is 0.000000236. The molecule has 0 radical (unpaired) electrons. The zero-order valence-corrected chi connectivity index (χ0v) is 32.4. The molecule has 302 valence electrons. The number of hydrogen-bond donors (Lipinski definition) is 2. The molecule has 6 fully saturated rings. The Kier molecular flexibility index (Phi) is 13.0. The number of hydrogen-bond acceptors (Lipinski definition) is 8. The quantitative estimate of drug-likeness (QED) is 0.180. The predicted octanol–water partition coefficient (Wildman–Crippen LogP) is 7.64. The number of rotatable bonds is 9. The normalized spacial score (nSPS) is 31.2. The van der Waals surface area contributed by atoms with Crippen molar-refractivity contribution < 1.29 is 63.7 Å². The Bertz CT molecular complexity index is 1400. The van der Waals surface area contributed by atoms with Crippen molar-refractivity contribution in [3.8, 4) is 0 Å². The molecule has 2 N–H and O–H groups in total. The fraction of sp³-hybridized carbons (Fsp3) is 0.917. The number of alkyl halides is 6. The number of amides is 1. The highest BCUT2D eigenvalue weighted by molar-refractivity contribution is 7.89. The zero-order valence-electron chi connectivity index (χ0n) is 31.6. The topological polar surface area (TPSA) is 136 Å². The van der Waals surface area contributed by atoms with Gasteiger partial charge in [0.15, 0.2) is 0 Å². The molecule has 6 aliphatic rings. The lowest BCUT2D eigenvalue weighted by atomic mass is 9.47. The summed E-state index contributed by atoms with van der Waals surface area (Å²) in [6.07, 6.45) is -2.96. The maximum Gasteiger partial charge on any atom is 0.426 e. The van der Waals surface area contributed by atoms with Gasteiger partial charge in [-0.05, 0) is 128 Å². The molecule has 0 aromatic rings. The molecule has 5 unspecified atom stereocenters. The lowest BCUT2D eigenvalue weighted by Gasteiger charge is -2.60. The van der Waals surface area contributed by atoms with E-state index in [-0.39, 0.29) is 29.2 Å². The van der Waals surface area contributed by atoms with Crippen molar-refractivity contribution in [1.29, 1.82) is 0 Å². The van der Waals surface area contributed by atoms with Crippen molar-refractivity contribution >= 4 is 27.9 Å². The van der Waals surface area contributed by atoms with E-state index in [9.17, 15) is 49.1 Å². The number of nitrogens with one attached hydrogen (secondary N) is 1. The number of fused-ring (bicyclic) bond motifs is 2. The highest BCUT2D eigenvalue weighted by Gasteiger charge is 2.71. The highest BCUT2D eigenvalue weighted by Crippen LogP contribution is 2.63. The van der Waals surface area contributed by atoms with E-state index in [1.165, 1.54) is 7.11 Å². The molecular weight excluding hydrogens is 720 g/mol. The van der Waals surface area contributed by atoms with Gasteiger partial charge in [-0.15, -0.1) is 0 Å². The average molecular weight is 778 g/mol. The number of sulfonamides is 1. The smallest absolute Gasteiger partial charge is 0.426 e. The second kappa shape index (κ2) is 15.2. The van der Waals surface area contributed by atoms with Gasteiger partial charge in [0.25, 0.3) is 5.60 Å². The van der Waals surface area contributed by atoms with Crippen molar-refractivity contribution in [2.45, 2.75) is 149 Å². The Morgan fingerprint density at radius 1 is 0.788 bits per heavy atom. The van der Waals surface area contributed by atoms with E-state index in [2.05, 4.69) is 9.46 Å². The summed E-state index contributed by atoms with van der Waals surface area (Å²) >= 11 is 0. The van der Waals surface area contributed by atoms with Gasteiger partial charge >= 0.3 is 24.3 Å². The molecule has 0 saturated heterocycles. The fourth-order valence-corrected chi connectivity index (χ4v) is 9.69. The second-order valence-corrected chi connectivity index (χ2v) is 19.2. The van der Waals surface area contributed by atoms with Crippen LogP contribution in [-0.2, 0) is 33.9 Å². The van der Waals surface area contributed by atoms with Crippen molar-refractivity contribution in [3.05, 3.63) is 0 Å². The molecule has 0 aromatic carbocycles. The van der Waals surface area contributed by atoms with E-state index >= 15 is 0 Å². The molecule has 6 saturated carbocycles. The number of halogens is 6. The standard InChI is InChI=1S/C18H29NO5S.C11H14F6O.C7H14O2/c1-5-16(2,3)15(21)24-18-9-12-6-13(10-18)8-17(7-12,11-18)14(20)19-25(4,22)23;12-10(13,14)9(18,11(15,16)17)5-8-4-6-1-2-7(8)3-6;1-5-7(2,3)6(8)9-4/h12-13H,5-11H2,1-4H3,(H,19,20);6-8,18H,1-5H2;5H2,1-4H3. The number of carbonyl (C=O) groups is 3. The van der Waals surface area contributed by atoms with Crippen LogP contribution in [0.4, 0.5) is 26.3 Å². The maximum absolute atomic E-state index is 12.8. The average Bonchev–Trinajstić information content (AvgIpc) is 3.62. The molecule has 5 atom stereocenters. The molecule has 1 amide bonds. The fourth-order valence-electron chi connectivity index (χ4n) is 9.14. The summed E-state index contributed by atoms with van der Waals surface area (Å²) < 4.78 is 111. The number of methoxy groups -OCH3 is 1. The first kappa shape index (κ1) is 44.3. The lowest BCUT2D eigenvalue weighted by Crippen LogP contribution is -2.62. The third kappa shape index (κ3) is 9.76. The minimum Gasteiger partial charge on any atom is -0.469 e. The van der Waals surface area contributed by atoms with Crippen LogP contribution in [0.1, 0.15) is 125 Å². The van der Waals surface area contributed by atoms with Crippen LogP contribution in [0.5, 0.6) is 0 Å². The van der Waals surface area contributed by atoms with Crippen molar-refractivity contribution in [1.82, 2.24) is 4.72 Å². The lowest BCUT2D eigenvalue weighted by molar-refractivity contribution is -0.373. The van der Waals surface area contributed by atoms with Crippen molar-refractivity contribution in [2.24, 2.45) is 45.8 Å². The van der Waals surface area contributed by atoms with Crippen LogP contribution in [-0.4, -0.2) is 68.3 Å². The van der Waals surface area contributed by atoms with E-state index in [4.69, 9.17) is 9.84 Å². The van der Waals surface area contributed by atoms with Crippen LogP contribution in [0.25, 0.3) is 0 Å². The van der Waals surface area contributed by atoms with Gasteiger partial charge in [0.2, 0.25) is 15.9 Å². The minimum atomic E-state index is -5.67. The third-order valence-corrected chi connectivity index (χ3v) is 13.1. The van der Waals surface area contributed by atoms with Crippen molar-refractivity contribution in [2.75, 3.05) is 13.4 Å². The molecule has 6 rings (SSSR count). The molecule has 9 nitrogen and oxygen atoms in total. The Labute approximate surface area is 303 Å². The molecule has 16 heteroatoms. The summed E-state index contributed by atoms with van der Waals surface area (Å²) in [4.78, 5) is 36.3. The van der Waals surface area contributed by atoms with Crippen LogP contribution < -0.4 is 4.72 Å².